The molecule has 116 valence electrons. The van der Waals surface area contributed by atoms with Gasteiger partial charge in [0.25, 0.3) is 5.91 Å². The minimum Gasteiger partial charge on any atom is -0.369 e. The van der Waals surface area contributed by atoms with E-state index in [0.29, 0.717) is 18.8 Å². The molecule has 0 bridgehead atoms. The van der Waals surface area contributed by atoms with Crippen molar-refractivity contribution in [3.63, 3.8) is 0 Å². The summed E-state index contributed by atoms with van der Waals surface area (Å²) in [6.45, 7) is 3.15. The van der Waals surface area contributed by atoms with Gasteiger partial charge in [-0.15, -0.1) is 0 Å². The smallest absolute Gasteiger partial charge is 0.270 e. The number of carbonyl (C=O) groups is 2. The van der Waals surface area contributed by atoms with Gasteiger partial charge in [0.1, 0.15) is 5.69 Å². The number of hydrogen-bond acceptors (Lipinski definition) is 2. The summed E-state index contributed by atoms with van der Waals surface area (Å²) in [5.74, 6) is -0.566. The van der Waals surface area contributed by atoms with Crippen LogP contribution in [0.25, 0.3) is 10.9 Å². The first-order valence-electron chi connectivity index (χ1n) is 7.62. The van der Waals surface area contributed by atoms with Crippen LogP contribution in [0.15, 0.2) is 24.3 Å². The Balaban J connectivity index is 1.94. The van der Waals surface area contributed by atoms with Crippen LogP contribution in [0, 0.1) is 12.8 Å². The van der Waals surface area contributed by atoms with Gasteiger partial charge < -0.3 is 15.2 Å². The van der Waals surface area contributed by atoms with Gasteiger partial charge in [0.15, 0.2) is 0 Å². The van der Waals surface area contributed by atoms with E-state index in [9.17, 15) is 9.59 Å². The van der Waals surface area contributed by atoms with Crippen molar-refractivity contribution in [1.82, 2.24) is 9.47 Å². The van der Waals surface area contributed by atoms with Crippen molar-refractivity contribution in [2.75, 3.05) is 13.1 Å². The predicted octanol–water partition coefficient (Wildman–Crippen LogP) is 1.82. The number of para-hydroxylation sites is 1. The van der Waals surface area contributed by atoms with Crippen molar-refractivity contribution in [3.05, 3.63) is 35.5 Å². The van der Waals surface area contributed by atoms with E-state index in [0.717, 1.165) is 29.3 Å². The highest BCUT2D eigenvalue weighted by Crippen LogP contribution is 2.24. The van der Waals surface area contributed by atoms with Crippen LogP contribution in [0.3, 0.4) is 0 Å². The molecule has 1 aromatic carbocycles. The topological polar surface area (TPSA) is 68.3 Å². The number of nitrogens with zero attached hydrogens (tertiary/aromatic N) is 2. The lowest BCUT2D eigenvalue weighted by Crippen LogP contribution is -2.44. The van der Waals surface area contributed by atoms with Gasteiger partial charge in [0.2, 0.25) is 5.91 Å². The molecule has 5 nitrogen and oxygen atoms in total. The number of amides is 2. The molecule has 2 amide bonds. The maximum Gasteiger partial charge on any atom is 0.270 e. The molecular weight excluding hydrogens is 278 g/mol. The lowest BCUT2D eigenvalue weighted by molar-refractivity contribution is -0.123. The minimum absolute atomic E-state index is 0.0240. The van der Waals surface area contributed by atoms with Gasteiger partial charge in [-0.2, -0.15) is 0 Å². The van der Waals surface area contributed by atoms with Gasteiger partial charge in [0, 0.05) is 25.5 Å². The molecule has 1 aromatic heterocycles. The predicted molar refractivity (Wildman–Crippen MR) is 85.5 cm³/mol. The van der Waals surface area contributed by atoms with Gasteiger partial charge in [-0.3, -0.25) is 9.59 Å². The SMILES string of the molecule is Cc1cccc2cc(C(=O)N3CCC[C@H](C(N)=O)C3)n(C)c12. The maximum atomic E-state index is 12.8. The lowest BCUT2D eigenvalue weighted by Gasteiger charge is -2.31. The van der Waals surface area contributed by atoms with Crippen LogP contribution in [0.1, 0.15) is 28.9 Å². The first-order valence-corrected chi connectivity index (χ1v) is 7.62. The number of nitrogens with two attached hydrogens (primary N) is 1. The van der Waals surface area contributed by atoms with E-state index in [1.54, 1.807) is 4.90 Å². The summed E-state index contributed by atoms with van der Waals surface area (Å²) in [6.07, 6.45) is 1.59. The second-order valence-electron chi connectivity index (χ2n) is 6.09. The molecular formula is C17H21N3O2. The molecule has 0 radical (unpaired) electrons. The summed E-state index contributed by atoms with van der Waals surface area (Å²) in [6, 6.07) is 7.98. The second kappa shape index (κ2) is 5.48. The summed E-state index contributed by atoms with van der Waals surface area (Å²) in [7, 11) is 1.91. The number of benzene rings is 1. The summed E-state index contributed by atoms with van der Waals surface area (Å²) in [5, 5.41) is 1.06. The number of aromatic nitrogens is 1. The average Bonchev–Trinajstić information content (AvgIpc) is 2.85. The fourth-order valence-corrected chi connectivity index (χ4v) is 3.38. The van der Waals surface area contributed by atoms with Crippen molar-refractivity contribution in [3.8, 4) is 0 Å². The van der Waals surface area contributed by atoms with Crippen LogP contribution >= 0.6 is 0 Å². The standard InChI is InChI=1S/C17H21N3O2/c1-11-5-3-6-12-9-14(19(2)15(11)12)17(22)20-8-4-7-13(10-20)16(18)21/h3,5-6,9,13H,4,7-8,10H2,1-2H3,(H2,18,21)/t13-/m0/s1. The number of likely N-dealkylation sites (tertiary alicyclic amines) is 1. The summed E-state index contributed by atoms with van der Waals surface area (Å²) in [5.41, 5.74) is 8.28. The molecule has 1 atom stereocenters. The third kappa shape index (κ3) is 2.36. The Kier molecular flexibility index (Phi) is 3.64. The third-order valence-corrected chi connectivity index (χ3v) is 4.59. The number of fused-ring (bicyclic) bond motifs is 1. The zero-order chi connectivity index (χ0) is 15.9. The van der Waals surface area contributed by atoms with E-state index >= 15 is 0 Å². The first kappa shape index (κ1) is 14.6. The highest BCUT2D eigenvalue weighted by atomic mass is 16.2. The van der Waals surface area contributed by atoms with Crippen molar-refractivity contribution >= 4 is 22.7 Å². The molecule has 2 N–H and O–H groups in total. The van der Waals surface area contributed by atoms with Gasteiger partial charge in [-0.25, -0.2) is 0 Å². The number of carbonyl (C=O) groups excluding carboxylic acids is 2. The van der Waals surface area contributed by atoms with Gasteiger partial charge in [0.05, 0.1) is 11.4 Å². The normalized spacial score (nSPS) is 18.6. The molecule has 1 saturated heterocycles. The highest BCUT2D eigenvalue weighted by molar-refractivity contribution is 5.99. The van der Waals surface area contributed by atoms with Gasteiger partial charge in [-0.05, 0) is 31.4 Å². The van der Waals surface area contributed by atoms with E-state index in [-0.39, 0.29) is 17.7 Å². The first-order chi connectivity index (χ1) is 10.5. The zero-order valence-corrected chi connectivity index (χ0v) is 13.0. The molecule has 2 heterocycles. The molecule has 3 rings (SSSR count). The van der Waals surface area contributed by atoms with Crippen molar-refractivity contribution < 1.29 is 9.59 Å². The highest BCUT2D eigenvalue weighted by Gasteiger charge is 2.29. The Morgan fingerprint density at radius 1 is 1.32 bits per heavy atom. The summed E-state index contributed by atoms with van der Waals surface area (Å²) < 4.78 is 1.95. The summed E-state index contributed by atoms with van der Waals surface area (Å²) in [4.78, 5) is 26.0. The fraction of sp³-hybridized carbons (Fsp3) is 0.412. The largest absolute Gasteiger partial charge is 0.369 e. The van der Waals surface area contributed by atoms with Gasteiger partial charge in [-0.1, -0.05) is 18.2 Å². The molecule has 1 aliphatic rings. The molecule has 5 heteroatoms. The van der Waals surface area contributed by atoms with Crippen LogP contribution in [-0.4, -0.2) is 34.4 Å². The van der Waals surface area contributed by atoms with Crippen LogP contribution in [-0.2, 0) is 11.8 Å². The minimum atomic E-state index is -0.314. The van der Waals surface area contributed by atoms with E-state index in [1.165, 1.54) is 0 Å². The van der Waals surface area contributed by atoms with Crippen molar-refractivity contribution in [2.45, 2.75) is 19.8 Å². The molecule has 1 aliphatic heterocycles. The molecule has 0 aliphatic carbocycles. The Hall–Kier alpha value is -2.30. The van der Waals surface area contributed by atoms with Gasteiger partial charge >= 0.3 is 0 Å². The van der Waals surface area contributed by atoms with E-state index in [1.807, 2.05) is 42.8 Å². The monoisotopic (exact) mass is 299 g/mol. The fourth-order valence-electron chi connectivity index (χ4n) is 3.38. The number of piperidine rings is 1. The molecule has 1 fully saturated rings. The zero-order valence-electron chi connectivity index (χ0n) is 13.0. The number of aryl methyl sites for hydroxylation is 2. The van der Waals surface area contributed by atoms with Crippen molar-refractivity contribution in [1.29, 1.82) is 0 Å². The Morgan fingerprint density at radius 3 is 2.77 bits per heavy atom. The van der Waals surface area contributed by atoms with E-state index in [4.69, 9.17) is 5.73 Å². The van der Waals surface area contributed by atoms with Crippen LogP contribution in [0.2, 0.25) is 0 Å². The Labute approximate surface area is 129 Å². The Bertz CT molecular complexity index is 748. The molecule has 2 aromatic rings. The number of rotatable bonds is 2. The molecule has 22 heavy (non-hydrogen) atoms. The van der Waals surface area contributed by atoms with Crippen LogP contribution in [0.4, 0.5) is 0 Å². The molecule has 0 spiro atoms. The summed E-state index contributed by atoms with van der Waals surface area (Å²) >= 11 is 0. The average molecular weight is 299 g/mol. The van der Waals surface area contributed by atoms with E-state index < -0.39 is 0 Å². The third-order valence-electron chi connectivity index (χ3n) is 4.59. The van der Waals surface area contributed by atoms with Crippen LogP contribution in [0.5, 0.6) is 0 Å². The second-order valence-corrected chi connectivity index (χ2v) is 6.09. The maximum absolute atomic E-state index is 12.8. The number of hydrogen-bond donors (Lipinski definition) is 1. The van der Waals surface area contributed by atoms with E-state index in [2.05, 4.69) is 0 Å². The number of primary amides is 1. The van der Waals surface area contributed by atoms with Crippen LogP contribution < -0.4 is 5.73 Å². The molecule has 0 unspecified atom stereocenters. The van der Waals surface area contributed by atoms with Crippen molar-refractivity contribution in [2.24, 2.45) is 18.7 Å². The quantitative estimate of drug-likeness (QED) is 0.919. The molecule has 0 saturated carbocycles. The lowest BCUT2D eigenvalue weighted by atomic mass is 9.97. The Morgan fingerprint density at radius 2 is 2.09 bits per heavy atom.